The van der Waals surface area contributed by atoms with Gasteiger partial charge in [-0.15, -0.1) is 0 Å². The minimum Gasteiger partial charge on any atom is -0.480 e. The molecular weight excluding hydrogens is 422 g/mol. The van der Waals surface area contributed by atoms with Gasteiger partial charge in [0.25, 0.3) is 0 Å². The second kappa shape index (κ2) is 20.4. The van der Waals surface area contributed by atoms with Gasteiger partial charge in [0, 0.05) is 13.0 Å². The Hall–Kier alpha value is -2.85. The van der Waals surface area contributed by atoms with Crippen molar-refractivity contribution in [3.63, 3.8) is 0 Å². The molecule has 0 aromatic heterocycles. The van der Waals surface area contributed by atoms with Gasteiger partial charge in [-0.1, -0.05) is 0 Å². The molecule has 182 valence electrons. The highest BCUT2D eigenvalue weighted by atomic mass is 16.4. The fraction of sp³-hybridized carbons (Fsp3) is 0.688. The summed E-state index contributed by atoms with van der Waals surface area (Å²) in [5, 5.41) is 43.2. The number of hydrogen-bond donors (Lipinski definition) is 10. The Morgan fingerprint density at radius 1 is 0.935 bits per heavy atom. The summed E-state index contributed by atoms with van der Waals surface area (Å²) in [7, 11) is 0. The third-order valence-corrected chi connectivity index (χ3v) is 3.31. The molecule has 0 aromatic rings. The van der Waals surface area contributed by atoms with Crippen LogP contribution in [0.4, 0.5) is 0 Å². The molecule has 1 heterocycles. The molecule has 0 bridgehead atoms. The predicted molar refractivity (Wildman–Crippen MR) is 107 cm³/mol. The maximum absolute atomic E-state index is 10.1. The molecule has 0 saturated carbocycles. The van der Waals surface area contributed by atoms with Gasteiger partial charge in [0.05, 0.1) is 6.54 Å². The van der Waals surface area contributed by atoms with E-state index >= 15 is 0 Å². The smallest absolute Gasteiger partial charge is 0.320 e. The highest BCUT2D eigenvalue weighted by molar-refractivity contribution is 5.77. The maximum atomic E-state index is 10.1. The number of primary amides is 1. The van der Waals surface area contributed by atoms with E-state index in [-0.39, 0.29) is 38.5 Å². The first-order valence-corrected chi connectivity index (χ1v) is 9.03. The molecule has 0 aliphatic carbocycles. The van der Waals surface area contributed by atoms with E-state index in [0.717, 1.165) is 19.4 Å². The number of aliphatic hydroxyl groups excluding tert-OH is 1. The zero-order valence-corrected chi connectivity index (χ0v) is 17.0. The quantitative estimate of drug-likeness (QED) is 0.160. The van der Waals surface area contributed by atoms with Gasteiger partial charge in [-0.05, 0) is 32.2 Å². The molecule has 14 N–H and O–H groups in total. The minimum absolute atomic E-state index is 0.0213. The second-order valence-electron chi connectivity index (χ2n) is 5.99. The molecule has 1 aliphatic rings. The number of aliphatic carboxylic acids is 4. The van der Waals surface area contributed by atoms with Gasteiger partial charge in [0.15, 0.2) is 0 Å². The number of amides is 1. The van der Waals surface area contributed by atoms with Gasteiger partial charge in [0.2, 0.25) is 5.91 Å². The third kappa shape index (κ3) is 25.1. The Morgan fingerprint density at radius 2 is 1.39 bits per heavy atom. The monoisotopic (exact) mass is 455 g/mol. The standard InChI is InChI=1S/C5H10N2O3.C5H9NO2.C4H9NO3.C2H5NO2/c6-3(5(9)10)1-2-4(7)8;7-5(8)4-2-1-3-6-4;5-3(1-2-6)4(7)8;3-1-2(4)5/h3H,1-2,6H2,(H2,7,8)(H,9,10);4,6H,1-3H2,(H,7,8);3,6H,1-2,5H2,(H,7,8);1,3H2,(H,4,5). The lowest BCUT2D eigenvalue weighted by molar-refractivity contribution is -0.139. The van der Waals surface area contributed by atoms with Crippen LogP contribution in [0, 0.1) is 0 Å². The number of carbonyl (C=O) groups excluding carboxylic acids is 1. The summed E-state index contributed by atoms with van der Waals surface area (Å²) in [5.74, 6) is -4.40. The lowest BCUT2D eigenvalue weighted by Gasteiger charge is -2.01. The van der Waals surface area contributed by atoms with Crippen LogP contribution in [0.2, 0.25) is 0 Å². The summed E-state index contributed by atoms with van der Waals surface area (Å²) in [6.07, 6.45) is 2.03. The van der Waals surface area contributed by atoms with Crippen LogP contribution in [-0.4, -0.2) is 93.1 Å². The number of carboxylic acids is 4. The second-order valence-corrected chi connectivity index (χ2v) is 5.99. The highest BCUT2D eigenvalue weighted by Crippen LogP contribution is 2.03. The summed E-state index contributed by atoms with van der Waals surface area (Å²) < 4.78 is 0. The zero-order valence-electron chi connectivity index (χ0n) is 17.0. The fourth-order valence-corrected chi connectivity index (χ4v) is 1.58. The highest BCUT2D eigenvalue weighted by Gasteiger charge is 2.20. The number of nitrogens with one attached hydrogen (secondary N) is 1. The van der Waals surface area contributed by atoms with E-state index in [1.54, 1.807) is 0 Å². The normalized spacial score (nSPS) is 15.9. The van der Waals surface area contributed by atoms with E-state index in [0.29, 0.717) is 0 Å². The van der Waals surface area contributed by atoms with E-state index in [2.05, 4.69) is 11.1 Å². The summed E-state index contributed by atoms with van der Waals surface area (Å²) >= 11 is 0. The maximum Gasteiger partial charge on any atom is 0.320 e. The van der Waals surface area contributed by atoms with Crippen molar-refractivity contribution in [1.82, 2.24) is 5.32 Å². The van der Waals surface area contributed by atoms with Crippen molar-refractivity contribution >= 4 is 29.8 Å². The van der Waals surface area contributed by atoms with Crippen molar-refractivity contribution in [1.29, 1.82) is 0 Å². The van der Waals surface area contributed by atoms with E-state index in [4.69, 9.17) is 42.7 Å². The van der Waals surface area contributed by atoms with Crippen LogP contribution >= 0.6 is 0 Å². The van der Waals surface area contributed by atoms with Crippen LogP contribution < -0.4 is 28.3 Å². The van der Waals surface area contributed by atoms with E-state index in [1.165, 1.54) is 0 Å². The summed E-state index contributed by atoms with van der Waals surface area (Å²) in [6, 6.07) is -2.16. The SMILES string of the molecule is NC(=O)CCC(N)C(=O)O.NC(CCO)C(=O)O.NCC(=O)O.O=C(O)C1CCCN1. The van der Waals surface area contributed by atoms with Crippen LogP contribution in [-0.2, 0) is 24.0 Å². The third-order valence-electron chi connectivity index (χ3n) is 3.31. The number of aliphatic hydroxyl groups is 1. The Bertz CT molecular complexity index is 555. The Morgan fingerprint density at radius 3 is 1.58 bits per heavy atom. The topological polar surface area (TPSA) is 303 Å². The number of carboxylic acid groups (broad SMARTS) is 4. The average molecular weight is 455 g/mol. The lowest BCUT2D eigenvalue weighted by atomic mass is 10.2. The molecule has 1 amide bonds. The number of nitrogens with two attached hydrogens (primary N) is 4. The fourth-order valence-electron chi connectivity index (χ4n) is 1.58. The van der Waals surface area contributed by atoms with Gasteiger partial charge in [0.1, 0.15) is 18.1 Å². The summed E-state index contributed by atoms with van der Waals surface area (Å²) in [5.41, 5.74) is 19.4. The number of hydrogen-bond acceptors (Lipinski definition) is 10. The largest absolute Gasteiger partial charge is 0.480 e. The van der Waals surface area contributed by atoms with Gasteiger partial charge in [-0.3, -0.25) is 24.0 Å². The molecule has 0 radical (unpaired) electrons. The Labute approximate surface area is 178 Å². The summed E-state index contributed by atoms with van der Waals surface area (Å²) in [4.78, 5) is 49.4. The molecule has 15 heteroatoms. The van der Waals surface area contributed by atoms with Crippen molar-refractivity contribution in [2.45, 2.75) is 50.2 Å². The molecule has 1 saturated heterocycles. The molecule has 15 nitrogen and oxygen atoms in total. The van der Waals surface area contributed by atoms with E-state index < -0.39 is 41.9 Å². The van der Waals surface area contributed by atoms with E-state index in [1.807, 2.05) is 0 Å². The number of rotatable bonds is 9. The van der Waals surface area contributed by atoms with Crippen LogP contribution in [0.25, 0.3) is 0 Å². The molecule has 1 rings (SSSR count). The molecule has 31 heavy (non-hydrogen) atoms. The van der Waals surface area contributed by atoms with Crippen molar-refractivity contribution < 1.29 is 49.5 Å². The molecule has 3 unspecified atom stereocenters. The van der Waals surface area contributed by atoms with E-state index in [9.17, 15) is 24.0 Å². The molecule has 0 aromatic carbocycles. The Kier molecular flexibility index (Phi) is 21.6. The van der Waals surface area contributed by atoms with Crippen molar-refractivity contribution in [2.24, 2.45) is 22.9 Å². The minimum atomic E-state index is -1.11. The van der Waals surface area contributed by atoms with Crippen LogP contribution in [0.3, 0.4) is 0 Å². The molecule has 1 fully saturated rings. The molecular formula is C16H33N5O10. The first-order valence-electron chi connectivity index (χ1n) is 9.03. The lowest BCUT2D eigenvalue weighted by Crippen LogP contribution is -2.31. The van der Waals surface area contributed by atoms with Crippen LogP contribution in [0.5, 0.6) is 0 Å². The zero-order chi connectivity index (χ0) is 25.0. The van der Waals surface area contributed by atoms with Crippen molar-refractivity contribution in [2.75, 3.05) is 19.7 Å². The average Bonchev–Trinajstić information content (AvgIpc) is 3.22. The predicted octanol–water partition coefficient (Wildman–Crippen LogP) is -3.70. The van der Waals surface area contributed by atoms with Gasteiger partial charge in [-0.25, -0.2) is 0 Å². The van der Waals surface area contributed by atoms with Crippen LogP contribution in [0.1, 0.15) is 32.1 Å². The van der Waals surface area contributed by atoms with Gasteiger partial charge in [-0.2, -0.15) is 0 Å². The first-order chi connectivity index (χ1) is 14.3. The van der Waals surface area contributed by atoms with Crippen molar-refractivity contribution in [3.8, 4) is 0 Å². The van der Waals surface area contributed by atoms with Crippen molar-refractivity contribution in [3.05, 3.63) is 0 Å². The Balaban J connectivity index is -0.000000346. The molecule has 3 atom stereocenters. The van der Waals surface area contributed by atoms with Crippen LogP contribution in [0.15, 0.2) is 0 Å². The molecule has 1 aliphatic heterocycles. The molecule has 0 spiro atoms. The number of carbonyl (C=O) groups is 5. The van der Waals surface area contributed by atoms with Gasteiger partial charge < -0.3 is 53.8 Å². The van der Waals surface area contributed by atoms with Gasteiger partial charge >= 0.3 is 23.9 Å². The first kappa shape index (κ1) is 32.8. The summed E-state index contributed by atoms with van der Waals surface area (Å²) in [6.45, 7) is 0.407.